The molecule has 98 valence electrons. The fraction of sp³-hybridized carbons (Fsp3) is 0.500. The Hall–Kier alpha value is -1.55. The van der Waals surface area contributed by atoms with E-state index in [1.807, 2.05) is 6.07 Å². The Morgan fingerprint density at radius 2 is 2.00 bits per heavy atom. The van der Waals surface area contributed by atoms with Crippen LogP contribution in [0.15, 0.2) is 24.3 Å². The summed E-state index contributed by atoms with van der Waals surface area (Å²) in [5.74, 6) is -0.655. The van der Waals surface area contributed by atoms with Gasteiger partial charge in [0.25, 0.3) is 0 Å². The van der Waals surface area contributed by atoms with Gasteiger partial charge in [-0.05, 0) is 43.4 Å². The van der Waals surface area contributed by atoms with E-state index in [4.69, 9.17) is 9.84 Å². The Kier molecular flexibility index (Phi) is 4.20. The molecule has 1 aromatic rings. The number of carbonyl (C=O) groups is 1. The summed E-state index contributed by atoms with van der Waals surface area (Å²) in [6.45, 7) is 0.469. The lowest BCUT2D eigenvalue weighted by Crippen LogP contribution is -2.25. The van der Waals surface area contributed by atoms with E-state index in [1.165, 1.54) is 0 Å². The van der Waals surface area contributed by atoms with Crippen LogP contribution in [0.5, 0.6) is 5.75 Å². The first-order valence-electron chi connectivity index (χ1n) is 6.27. The largest absolute Gasteiger partial charge is 0.508 e. The first-order chi connectivity index (χ1) is 8.65. The summed E-state index contributed by atoms with van der Waals surface area (Å²) in [4.78, 5) is 10.8. The average molecular weight is 250 g/mol. The smallest absolute Gasteiger partial charge is 0.306 e. The molecule has 1 saturated carbocycles. The van der Waals surface area contributed by atoms with Gasteiger partial charge in [0.15, 0.2) is 0 Å². The zero-order chi connectivity index (χ0) is 13.0. The van der Waals surface area contributed by atoms with Gasteiger partial charge in [-0.3, -0.25) is 4.79 Å². The maximum atomic E-state index is 10.8. The van der Waals surface area contributed by atoms with Crippen LogP contribution in [-0.4, -0.2) is 22.3 Å². The molecule has 0 amide bonds. The van der Waals surface area contributed by atoms with Crippen LogP contribution >= 0.6 is 0 Å². The summed E-state index contributed by atoms with van der Waals surface area (Å²) < 4.78 is 5.75. The molecule has 1 aliphatic carbocycles. The van der Waals surface area contributed by atoms with Crippen LogP contribution < -0.4 is 0 Å². The molecule has 1 aromatic carbocycles. The lowest BCUT2D eigenvalue weighted by molar-refractivity contribution is -0.143. The molecule has 0 heterocycles. The third kappa shape index (κ3) is 3.47. The first-order valence-corrected chi connectivity index (χ1v) is 6.27. The quantitative estimate of drug-likeness (QED) is 0.861. The summed E-state index contributed by atoms with van der Waals surface area (Å²) in [6, 6.07) is 7.00. The second kappa shape index (κ2) is 5.87. The van der Waals surface area contributed by atoms with Crippen molar-refractivity contribution in [3.8, 4) is 5.75 Å². The Morgan fingerprint density at radius 1 is 1.28 bits per heavy atom. The Morgan fingerprint density at radius 3 is 2.61 bits per heavy atom. The third-order valence-electron chi connectivity index (χ3n) is 3.42. The van der Waals surface area contributed by atoms with Gasteiger partial charge < -0.3 is 14.9 Å². The second-order valence-corrected chi connectivity index (χ2v) is 4.79. The minimum absolute atomic E-state index is 0.142. The molecule has 0 atom stereocenters. The van der Waals surface area contributed by atoms with E-state index in [1.54, 1.807) is 18.2 Å². The lowest BCUT2D eigenvalue weighted by Gasteiger charge is -2.26. The van der Waals surface area contributed by atoms with Gasteiger partial charge in [0, 0.05) is 0 Å². The van der Waals surface area contributed by atoms with Gasteiger partial charge in [-0.15, -0.1) is 0 Å². The molecule has 0 saturated heterocycles. The van der Waals surface area contributed by atoms with Crippen LogP contribution in [0.25, 0.3) is 0 Å². The van der Waals surface area contributed by atoms with Gasteiger partial charge in [-0.2, -0.15) is 0 Å². The van der Waals surface area contributed by atoms with Crippen molar-refractivity contribution >= 4 is 5.97 Å². The molecule has 2 N–H and O–H groups in total. The number of phenolic OH excluding ortho intramolecular Hbond substituents is 1. The molecule has 4 nitrogen and oxygen atoms in total. The summed E-state index contributed by atoms with van der Waals surface area (Å²) in [7, 11) is 0. The van der Waals surface area contributed by atoms with E-state index >= 15 is 0 Å². The number of aromatic hydroxyl groups is 1. The molecule has 1 fully saturated rings. The number of benzene rings is 1. The zero-order valence-corrected chi connectivity index (χ0v) is 10.2. The minimum atomic E-state index is -0.693. The number of phenols is 1. The molecule has 18 heavy (non-hydrogen) atoms. The highest BCUT2D eigenvalue weighted by Gasteiger charge is 2.26. The van der Waals surface area contributed by atoms with Crippen molar-refractivity contribution in [2.45, 2.75) is 38.4 Å². The lowest BCUT2D eigenvalue weighted by atomic mass is 9.87. The molecule has 4 heteroatoms. The van der Waals surface area contributed by atoms with E-state index in [0.29, 0.717) is 19.4 Å². The number of carboxylic acids is 1. The zero-order valence-electron chi connectivity index (χ0n) is 10.2. The molecule has 0 spiro atoms. The first kappa shape index (κ1) is 12.9. The normalized spacial score (nSPS) is 23.8. The fourth-order valence-electron chi connectivity index (χ4n) is 2.34. The van der Waals surface area contributed by atoms with Crippen molar-refractivity contribution in [2.24, 2.45) is 5.92 Å². The van der Waals surface area contributed by atoms with Crippen LogP contribution in [0, 0.1) is 5.92 Å². The average Bonchev–Trinajstić information content (AvgIpc) is 2.37. The molecular formula is C14H18O4. The van der Waals surface area contributed by atoms with Crippen molar-refractivity contribution in [2.75, 3.05) is 0 Å². The maximum absolute atomic E-state index is 10.8. The van der Waals surface area contributed by atoms with E-state index < -0.39 is 5.97 Å². The van der Waals surface area contributed by atoms with Gasteiger partial charge in [-0.25, -0.2) is 0 Å². The number of ether oxygens (including phenoxy) is 1. The summed E-state index contributed by atoms with van der Waals surface area (Å²) in [5.41, 5.74) is 0.940. The number of hydrogen-bond acceptors (Lipinski definition) is 3. The fourth-order valence-corrected chi connectivity index (χ4v) is 2.34. The van der Waals surface area contributed by atoms with E-state index in [2.05, 4.69) is 0 Å². The van der Waals surface area contributed by atoms with Gasteiger partial charge in [-0.1, -0.05) is 12.1 Å². The van der Waals surface area contributed by atoms with Crippen molar-refractivity contribution < 1.29 is 19.7 Å². The Labute approximate surface area is 106 Å². The predicted molar refractivity (Wildman–Crippen MR) is 66.3 cm³/mol. The van der Waals surface area contributed by atoms with Crippen LogP contribution in [0.3, 0.4) is 0 Å². The van der Waals surface area contributed by atoms with Crippen molar-refractivity contribution in [3.63, 3.8) is 0 Å². The minimum Gasteiger partial charge on any atom is -0.508 e. The number of aliphatic carboxylic acids is 1. The predicted octanol–water partition coefficient (Wildman–Crippen LogP) is 2.55. The number of hydrogen-bond donors (Lipinski definition) is 2. The highest BCUT2D eigenvalue weighted by atomic mass is 16.5. The highest BCUT2D eigenvalue weighted by molar-refractivity contribution is 5.70. The molecule has 0 unspecified atom stereocenters. The SMILES string of the molecule is O=C(O)C1CCC(OCc2cccc(O)c2)CC1. The number of carboxylic acid groups (broad SMARTS) is 1. The molecule has 0 aromatic heterocycles. The van der Waals surface area contributed by atoms with E-state index in [-0.39, 0.29) is 17.8 Å². The maximum Gasteiger partial charge on any atom is 0.306 e. The van der Waals surface area contributed by atoms with Gasteiger partial charge in [0.05, 0.1) is 18.6 Å². The second-order valence-electron chi connectivity index (χ2n) is 4.79. The number of rotatable bonds is 4. The van der Waals surface area contributed by atoms with Crippen LogP contribution in [0.2, 0.25) is 0 Å². The van der Waals surface area contributed by atoms with Gasteiger partial charge >= 0.3 is 5.97 Å². The highest BCUT2D eigenvalue weighted by Crippen LogP contribution is 2.27. The van der Waals surface area contributed by atoms with E-state index in [0.717, 1.165) is 18.4 Å². The standard InChI is InChI=1S/C14H18O4/c15-12-3-1-2-10(8-12)9-18-13-6-4-11(5-7-13)14(16)17/h1-3,8,11,13,15H,4-7,9H2,(H,16,17). The van der Waals surface area contributed by atoms with Crippen molar-refractivity contribution in [3.05, 3.63) is 29.8 Å². The molecular weight excluding hydrogens is 232 g/mol. The summed E-state index contributed by atoms with van der Waals surface area (Å²) in [6.07, 6.45) is 3.13. The molecule has 2 rings (SSSR count). The van der Waals surface area contributed by atoms with Crippen LogP contribution in [0.1, 0.15) is 31.2 Å². The Balaban J connectivity index is 1.77. The monoisotopic (exact) mass is 250 g/mol. The van der Waals surface area contributed by atoms with Crippen LogP contribution in [0.4, 0.5) is 0 Å². The van der Waals surface area contributed by atoms with Crippen molar-refractivity contribution in [1.82, 2.24) is 0 Å². The topological polar surface area (TPSA) is 66.8 Å². The van der Waals surface area contributed by atoms with E-state index in [9.17, 15) is 9.90 Å². The molecule has 1 aliphatic rings. The summed E-state index contributed by atoms with van der Waals surface area (Å²) in [5, 5.41) is 18.2. The molecule has 0 radical (unpaired) electrons. The molecule has 0 bridgehead atoms. The van der Waals surface area contributed by atoms with Crippen LogP contribution in [-0.2, 0) is 16.1 Å². The third-order valence-corrected chi connectivity index (χ3v) is 3.42. The summed E-state index contributed by atoms with van der Waals surface area (Å²) >= 11 is 0. The Bertz CT molecular complexity index is 408. The van der Waals surface area contributed by atoms with Crippen molar-refractivity contribution in [1.29, 1.82) is 0 Å². The molecule has 0 aliphatic heterocycles. The van der Waals surface area contributed by atoms with Gasteiger partial charge in [0.1, 0.15) is 5.75 Å². The van der Waals surface area contributed by atoms with Gasteiger partial charge in [0.2, 0.25) is 0 Å².